The zero-order valence-electron chi connectivity index (χ0n) is 12.9. The molecule has 2 aromatic rings. The van der Waals surface area contributed by atoms with Crippen LogP contribution in [0.15, 0.2) is 42.5 Å². The first-order chi connectivity index (χ1) is 11.0. The lowest BCUT2D eigenvalue weighted by atomic mass is 10.1. The van der Waals surface area contributed by atoms with Gasteiger partial charge >= 0.3 is 0 Å². The molecule has 0 aromatic heterocycles. The van der Waals surface area contributed by atoms with E-state index in [-0.39, 0.29) is 12.3 Å². The van der Waals surface area contributed by atoms with Crippen LogP contribution in [0.2, 0.25) is 5.02 Å². The summed E-state index contributed by atoms with van der Waals surface area (Å²) in [6, 6.07) is 13.1. The van der Waals surface area contributed by atoms with Crippen LogP contribution in [-0.2, 0) is 11.2 Å². The van der Waals surface area contributed by atoms with E-state index < -0.39 is 0 Å². The number of aryl methyl sites for hydroxylation is 1. The van der Waals surface area contributed by atoms with Crippen molar-refractivity contribution in [3.8, 4) is 0 Å². The Hall–Kier alpha value is -2.11. The normalized spacial score (nSPS) is 10.0. The molecule has 6 heteroatoms. The van der Waals surface area contributed by atoms with E-state index in [1.165, 1.54) is 5.56 Å². The van der Waals surface area contributed by atoms with Crippen LogP contribution < -0.4 is 16.2 Å². The van der Waals surface area contributed by atoms with E-state index in [1.807, 2.05) is 44.2 Å². The molecule has 0 aliphatic carbocycles. The lowest BCUT2D eigenvalue weighted by Gasteiger charge is -2.14. The van der Waals surface area contributed by atoms with Crippen LogP contribution in [0.1, 0.15) is 16.7 Å². The molecule has 0 unspecified atom stereocenters. The molecule has 0 saturated heterocycles. The number of amides is 1. The van der Waals surface area contributed by atoms with Crippen molar-refractivity contribution in [2.24, 2.45) is 0 Å². The van der Waals surface area contributed by atoms with E-state index in [2.05, 4.69) is 16.2 Å². The van der Waals surface area contributed by atoms with Gasteiger partial charge in [-0.05, 0) is 61.0 Å². The molecular weight excluding hydrogens is 330 g/mol. The summed E-state index contributed by atoms with van der Waals surface area (Å²) in [5, 5.41) is 4.05. The van der Waals surface area contributed by atoms with Crippen molar-refractivity contribution in [3.63, 3.8) is 0 Å². The minimum Gasteiger partial charge on any atom is -0.331 e. The minimum absolute atomic E-state index is 0.183. The first kappa shape index (κ1) is 17.2. The fraction of sp³-hybridized carbons (Fsp3) is 0.176. The van der Waals surface area contributed by atoms with Crippen molar-refractivity contribution in [2.45, 2.75) is 20.3 Å². The Balaban J connectivity index is 1.83. The SMILES string of the molecule is Cc1cccc(NC(=S)NNC(=O)Cc2ccc(Cl)cc2)c1C. The average Bonchev–Trinajstić information content (AvgIpc) is 2.52. The monoisotopic (exact) mass is 347 g/mol. The van der Waals surface area contributed by atoms with Gasteiger partial charge in [-0.2, -0.15) is 0 Å². The molecule has 1 amide bonds. The molecule has 2 rings (SSSR count). The van der Waals surface area contributed by atoms with E-state index in [1.54, 1.807) is 12.1 Å². The van der Waals surface area contributed by atoms with Crippen LogP contribution in [0.25, 0.3) is 0 Å². The van der Waals surface area contributed by atoms with Crippen LogP contribution >= 0.6 is 23.8 Å². The van der Waals surface area contributed by atoms with Crippen molar-refractivity contribution >= 4 is 40.5 Å². The van der Waals surface area contributed by atoms with E-state index in [0.717, 1.165) is 16.8 Å². The number of hydrogen-bond acceptors (Lipinski definition) is 2. The summed E-state index contributed by atoms with van der Waals surface area (Å²) in [5.41, 5.74) is 9.35. The molecule has 120 valence electrons. The average molecular weight is 348 g/mol. The highest BCUT2D eigenvalue weighted by molar-refractivity contribution is 7.80. The van der Waals surface area contributed by atoms with Crippen LogP contribution in [0.4, 0.5) is 5.69 Å². The third-order valence-electron chi connectivity index (χ3n) is 3.45. The number of rotatable bonds is 3. The van der Waals surface area contributed by atoms with Gasteiger partial charge in [-0.1, -0.05) is 35.9 Å². The number of anilines is 1. The lowest BCUT2D eigenvalue weighted by Crippen LogP contribution is -2.44. The van der Waals surface area contributed by atoms with E-state index in [4.69, 9.17) is 23.8 Å². The second kappa shape index (κ2) is 7.94. The molecule has 0 spiro atoms. The first-order valence-electron chi connectivity index (χ1n) is 7.12. The first-order valence-corrected chi connectivity index (χ1v) is 7.91. The van der Waals surface area contributed by atoms with Gasteiger partial charge in [0, 0.05) is 10.7 Å². The highest BCUT2D eigenvalue weighted by Crippen LogP contribution is 2.17. The van der Waals surface area contributed by atoms with Gasteiger partial charge in [0.15, 0.2) is 5.11 Å². The van der Waals surface area contributed by atoms with Crippen LogP contribution in [0.5, 0.6) is 0 Å². The molecule has 23 heavy (non-hydrogen) atoms. The zero-order chi connectivity index (χ0) is 16.8. The number of carbonyl (C=O) groups is 1. The lowest BCUT2D eigenvalue weighted by molar-refractivity contribution is -0.120. The molecule has 2 aromatic carbocycles. The molecule has 0 bridgehead atoms. The summed E-state index contributed by atoms with van der Waals surface area (Å²) in [4.78, 5) is 11.9. The van der Waals surface area contributed by atoms with Crippen molar-refractivity contribution in [3.05, 3.63) is 64.2 Å². The van der Waals surface area contributed by atoms with E-state index in [0.29, 0.717) is 10.1 Å². The smallest absolute Gasteiger partial charge is 0.242 e. The Bertz CT molecular complexity index is 716. The maximum absolute atomic E-state index is 11.9. The fourth-order valence-electron chi connectivity index (χ4n) is 2.00. The molecule has 0 radical (unpaired) electrons. The van der Waals surface area contributed by atoms with Gasteiger partial charge in [0.2, 0.25) is 5.91 Å². The van der Waals surface area contributed by atoms with Crippen LogP contribution in [0, 0.1) is 13.8 Å². The molecule has 3 N–H and O–H groups in total. The Morgan fingerprint density at radius 2 is 1.78 bits per heavy atom. The number of benzene rings is 2. The van der Waals surface area contributed by atoms with Crippen molar-refractivity contribution in [1.29, 1.82) is 0 Å². The predicted octanol–water partition coefficient (Wildman–Crippen LogP) is 3.52. The highest BCUT2D eigenvalue weighted by Gasteiger charge is 2.06. The van der Waals surface area contributed by atoms with Gasteiger partial charge in [0.1, 0.15) is 0 Å². The van der Waals surface area contributed by atoms with Crippen molar-refractivity contribution in [1.82, 2.24) is 10.9 Å². The number of hydrogen-bond donors (Lipinski definition) is 3. The zero-order valence-corrected chi connectivity index (χ0v) is 14.5. The number of hydrazine groups is 1. The van der Waals surface area contributed by atoms with Crippen molar-refractivity contribution < 1.29 is 4.79 Å². The summed E-state index contributed by atoms with van der Waals surface area (Å²) in [6.45, 7) is 4.05. The topological polar surface area (TPSA) is 53.2 Å². The standard InChI is InChI=1S/C17H18ClN3OS/c1-11-4-3-5-15(12(11)2)19-17(23)21-20-16(22)10-13-6-8-14(18)9-7-13/h3-9H,10H2,1-2H3,(H,20,22)(H2,19,21,23). The Labute approximate surface area is 146 Å². The third-order valence-corrected chi connectivity index (χ3v) is 3.90. The summed E-state index contributed by atoms with van der Waals surface area (Å²) in [5.74, 6) is -0.183. The van der Waals surface area contributed by atoms with Crippen molar-refractivity contribution in [2.75, 3.05) is 5.32 Å². The quantitative estimate of drug-likeness (QED) is 0.587. The maximum Gasteiger partial charge on any atom is 0.242 e. The molecule has 0 saturated carbocycles. The molecule has 0 atom stereocenters. The predicted molar refractivity (Wildman–Crippen MR) is 98.6 cm³/mol. The largest absolute Gasteiger partial charge is 0.331 e. The molecule has 0 heterocycles. The minimum atomic E-state index is -0.183. The van der Waals surface area contributed by atoms with Crippen LogP contribution in [-0.4, -0.2) is 11.0 Å². The fourth-order valence-corrected chi connectivity index (χ4v) is 2.29. The Morgan fingerprint density at radius 1 is 1.09 bits per heavy atom. The molecule has 4 nitrogen and oxygen atoms in total. The molecular formula is C17H18ClN3OS. The van der Waals surface area contributed by atoms with Gasteiger partial charge in [-0.15, -0.1) is 0 Å². The number of nitrogens with one attached hydrogen (secondary N) is 3. The van der Waals surface area contributed by atoms with Gasteiger partial charge in [-0.3, -0.25) is 15.6 Å². The van der Waals surface area contributed by atoms with Gasteiger partial charge < -0.3 is 5.32 Å². The third kappa shape index (κ3) is 5.23. The highest BCUT2D eigenvalue weighted by atomic mass is 35.5. The van der Waals surface area contributed by atoms with E-state index in [9.17, 15) is 4.79 Å². The molecule has 0 aliphatic heterocycles. The number of halogens is 1. The second-order valence-corrected chi connectivity index (χ2v) is 6.02. The van der Waals surface area contributed by atoms with Gasteiger partial charge in [0.05, 0.1) is 6.42 Å². The summed E-state index contributed by atoms with van der Waals surface area (Å²) in [7, 11) is 0. The molecule has 0 fully saturated rings. The summed E-state index contributed by atoms with van der Waals surface area (Å²) >= 11 is 11.0. The van der Waals surface area contributed by atoms with Gasteiger partial charge in [0.25, 0.3) is 0 Å². The van der Waals surface area contributed by atoms with Crippen LogP contribution in [0.3, 0.4) is 0 Å². The van der Waals surface area contributed by atoms with E-state index >= 15 is 0 Å². The Morgan fingerprint density at radius 3 is 2.48 bits per heavy atom. The number of thiocarbonyl (C=S) groups is 1. The number of carbonyl (C=O) groups excluding carboxylic acids is 1. The summed E-state index contributed by atoms with van der Waals surface area (Å²) < 4.78 is 0. The molecule has 0 aliphatic rings. The second-order valence-electron chi connectivity index (χ2n) is 5.18. The Kier molecular flexibility index (Phi) is 5.96. The van der Waals surface area contributed by atoms with Gasteiger partial charge in [-0.25, -0.2) is 0 Å². The summed E-state index contributed by atoms with van der Waals surface area (Å²) in [6.07, 6.45) is 0.246. The maximum atomic E-state index is 11.9.